The predicted octanol–water partition coefficient (Wildman–Crippen LogP) is 3.16. The van der Waals surface area contributed by atoms with Crippen LogP contribution >= 0.6 is 0 Å². The molecule has 0 bridgehead atoms. The average Bonchev–Trinajstić information content (AvgIpc) is 2.51. The van der Waals surface area contributed by atoms with Gasteiger partial charge >= 0.3 is 5.97 Å². The molecule has 0 spiro atoms. The number of nitrogens with one attached hydrogen (secondary N) is 1. The lowest BCUT2D eigenvalue weighted by Gasteiger charge is -2.20. The van der Waals surface area contributed by atoms with Crippen LogP contribution in [-0.2, 0) is 9.59 Å². The van der Waals surface area contributed by atoms with Crippen molar-refractivity contribution in [3.05, 3.63) is 29.8 Å². The summed E-state index contributed by atoms with van der Waals surface area (Å²) in [5, 5.41) is 11.8. The number of ether oxygens (including phenoxy) is 1. The van der Waals surface area contributed by atoms with Gasteiger partial charge in [0.2, 0.25) is 5.91 Å². The van der Waals surface area contributed by atoms with Gasteiger partial charge in [0.1, 0.15) is 11.8 Å². The summed E-state index contributed by atoms with van der Waals surface area (Å²) in [4.78, 5) is 23.0. The van der Waals surface area contributed by atoms with E-state index in [1.165, 1.54) is 0 Å². The average molecular weight is 321 g/mol. The van der Waals surface area contributed by atoms with E-state index in [2.05, 4.69) is 5.32 Å². The predicted molar refractivity (Wildman–Crippen MR) is 89.5 cm³/mol. The molecule has 0 saturated heterocycles. The zero-order valence-electron chi connectivity index (χ0n) is 14.2. The zero-order valence-corrected chi connectivity index (χ0v) is 14.2. The number of aryl methyl sites for hydroxylation is 1. The van der Waals surface area contributed by atoms with Gasteiger partial charge in [-0.2, -0.15) is 0 Å². The van der Waals surface area contributed by atoms with Crippen molar-refractivity contribution in [3.8, 4) is 5.75 Å². The number of amides is 1. The number of benzene rings is 1. The van der Waals surface area contributed by atoms with E-state index in [1.807, 2.05) is 45.0 Å². The van der Waals surface area contributed by atoms with Crippen LogP contribution in [0.15, 0.2) is 24.3 Å². The summed E-state index contributed by atoms with van der Waals surface area (Å²) in [6, 6.07) is 7.02. The Morgan fingerprint density at radius 3 is 2.65 bits per heavy atom. The third kappa shape index (κ3) is 7.17. The Labute approximate surface area is 138 Å². The van der Waals surface area contributed by atoms with Gasteiger partial charge in [-0.1, -0.05) is 32.4 Å². The number of carboxylic acid groups (broad SMARTS) is 1. The number of carbonyl (C=O) groups excluding carboxylic acids is 1. The van der Waals surface area contributed by atoms with Crippen molar-refractivity contribution in [1.82, 2.24) is 5.32 Å². The van der Waals surface area contributed by atoms with Crippen molar-refractivity contribution < 1.29 is 19.4 Å². The largest absolute Gasteiger partial charge is 0.494 e. The molecule has 0 unspecified atom stereocenters. The van der Waals surface area contributed by atoms with E-state index in [0.717, 1.165) is 17.7 Å². The molecule has 0 heterocycles. The Hall–Kier alpha value is -2.04. The molecule has 23 heavy (non-hydrogen) atoms. The first kappa shape index (κ1) is 19.0. The Morgan fingerprint density at radius 2 is 2.04 bits per heavy atom. The van der Waals surface area contributed by atoms with Crippen molar-refractivity contribution in [3.63, 3.8) is 0 Å². The van der Waals surface area contributed by atoms with Crippen LogP contribution in [0.5, 0.6) is 5.75 Å². The first-order valence-electron chi connectivity index (χ1n) is 8.15. The molecule has 1 amide bonds. The minimum atomic E-state index is -0.976. The van der Waals surface area contributed by atoms with Crippen LogP contribution in [-0.4, -0.2) is 29.6 Å². The van der Waals surface area contributed by atoms with Gasteiger partial charge < -0.3 is 15.2 Å². The Balaban J connectivity index is 2.24. The lowest BCUT2D eigenvalue weighted by atomic mass is 9.99. The maximum Gasteiger partial charge on any atom is 0.326 e. The third-order valence-corrected chi connectivity index (χ3v) is 3.85. The molecule has 0 fully saturated rings. The maximum atomic E-state index is 11.8. The number of carbonyl (C=O) groups is 2. The fourth-order valence-electron chi connectivity index (χ4n) is 2.21. The molecule has 2 N–H and O–H groups in total. The van der Waals surface area contributed by atoms with Crippen LogP contribution in [0, 0.1) is 12.8 Å². The molecule has 5 nitrogen and oxygen atoms in total. The molecule has 0 aliphatic carbocycles. The smallest absolute Gasteiger partial charge is 0.326 e. The number of hydrogen-bond donors (Lipinski definition) is 2. The van der Waals surface area contributed by atoms with E-state index in [0.29, 0.717) is 25.9 Å². The summed E-state index contributed by atoms with van der Waals surface area (Å²) in [7, 11) is 0. The van der Waals surface area contributed by atoms with Crippen molar-refractivity contribution in [1.29, 1.82) is 0 Å². The van der Waals surface area contributed by atoms with E-state index in [-0.39, 0.29) is 11.8 Å². The summed E-state index contributed by atoms with van der Waals surface area (Å²) in [5.74, 6) is -0.443. The topological polar surface area (TPSA) is 75.6 Å². The van der Waals surface area contributed by atoms with Gasteiger partial charge in [0.05, 0.1) is 6.61 Å². The highest BCUT2D eigenvalue weighted by atomic mass is 16.5. The van der Waals surface area contributed by atoms with Crippen LogP contribution in [0.3, 0.4) is 0 Å². The molecule has 0 radical (unpaired) electrons. The fourth-order valence-corrected chi connectivity index (χ4v) is 2.21. The molecular weight excluding hydrogens is 294 g/mol. The molecule has 0 saturated carbocycles. The van der Waals surface area contributed by atoms with Crippen molar-refractivity contribution in [2.45, 2.75) is 52.5 Å². The lowest BCUT2D eigenvalue weighted by molar-refractivity contribution is -0.143. The van der Waals surface area contributed by atoms with E-state index in [1.54, 1.807) is 0 Å². The molecule has 1 aromatic rings. The van der Waals surface area contributed by atoms with Gasteiger partial charge in [-0.3, -0.25) is 4.79 Å². The van der Waals surface area contributed by atoms with Crippen LogP contribution in [0.1, 0.15) is 45.1 Å². The molecule has 2 atom stereocenters. The zero-order chi connectivity index (χ0) is 17.2. The quantitative estimate of drug-likeness (QED) is 0.649. The summed E-state index contributed by atoms with van der Waals surface area (Å²) in [6.45, 7) is 6.29. The van der Waals surface area contributed by atoms with Gasteiger partial charge in [0.15, 0.2) is 0 Å². The van der Waals surface area contributed by atoms with Crippen LogP contribution in [0.4, 0.5) is 0 Å². The molecule has 128 valence electrons. The molecule has 0 aliphatic heterocycles. The van der Waals surface area contributed by atoms with Gasteiger partial charge in [-0.05, 0) is 43.4 Å². The van der Waals surface area contributed by atoms with E-state index in [9.17, 15) is 9.59 Å². The van der Waals surface area contributed by atoms with Gasteiger partial charge in [0, 0.05) is 6.42 Å². The highest BCUT2D eigenvalue weighted by Crippen LogP contribution is 2.13. The first-order valence-corrected chi connectivity index (χ1v) is 8.15. The van der Waals surface area contributed by atoms with Crippen LogP contribution in [0.2, 0.25) is 0 Å². The Morgan fingerprint density at radius 1 is 1.30 bits per heavy atom. The molecule has 1 rings (SSSR count). The highest BCUT2D eigenvalue weighted by molar-refractivity contribution is 5.83. The normalized spacial score (nSPS) is 13.2. The number of rotatable bonds is 10. The maximum absolute atomic E-state index is 11.8. The second-order valence-electron chi connectivity index (χ2n) is 5.89. The van der Waals surface area contributed by atoms with Crippen molar-refractivity contribution in [2.24, 2.45) is 5.92 Å². The van der Waals surface area contributed by atoms with Crippen molar-refractivity contribution in [2.75, 3.05) is 6.61 Å². The highest BCUT2D eigenvalue weighted by Gasteiger charge is 2.24. The van der Waals surface area contributed by atoms with Gasteiger partial charge in [-0.15, -0.1) is 0 Å². The standard InChI is InChI=1S/C18H27NO4/c1-4-14(3)17(18(21)22)19-16(20)10-5-6-11-23-15-9-7-8-13(2)12-15/h7-9,12,14,17H,4-6,10-11H2,1-3H3,(H,19,20)(H,21,22)/t14-,17-/m0/s1. The Bertz CT molecular complexity index is 515. The number of unbranched alkanes of at least 4 members (excludes halogenated alkanes) is 1. The number of aliphatic carboxylic acids is 1. The van der Waals surface area contributed by atoms with Crippen LogP contribution < -0.4 is 10.1 Å². The summed E-state index contributed by atoms with van der Waals surface area (Å²) in [6.07, 6.45) is 2.45. The summed E-state index contributed by atoms with van der Waals surface area (Å²) >= 11 is 0. The first-order chi connectivity index (χ1) is 10.9. The second kappa shape index (κ2) is 9.87. The monoisotopic (exact) mass is 321 g/mol. The van der Waals surface area contributed by atoms with E-state index < -0.39 is 12.0 Å². The minimum absolute atomic E-state index is 0.0823. The van der Waals surface area contributed by atoms with E-state index in [4.69, 9.17) is 9.84 Å². The van der Waals surface area contributed by atoms with E-state index >= 15 is 0 Å². The SMILES string of the molecule is CC[C@H](C)[C@H](NC(=O)CCCCOc1cccc(C)c1)C(=O)O. The fraction of sp³-hybridized carbons (Fsp3) is 0.556. The molecule has 5 heteroatoms. The van der Waals surface area contributed by atoms with Gasteiger partial charge in [0.25, 0.3) is 0 Å². The number of hydrogen-bond acceptors (Lipinski definition) is 3. The molecule has 0 aromatic heterocycles. The third-order valence-electron chi connectivity index (χ3n) is 3.85. The second-order valence-corrected chi connectivity index (χ2v) is 5.89. The Kier molecular flexibility index (Phi) is 8.16. The van der Waals surface area contributed by atoms with Gasteiger partial charge in [-0.25, -0.2) is 4.79 Å². The summed E-state index contributed by atoms with van der Waals surface area (Å²) < 4.78 is 5.62. The van der Waals surface area contributed by atoms with Crippen LogP contribution in [0.25, 0.3) is 0 Å². The molecule has 0 aliphatic rings. The molecule has 1 aromatic carbocycles. The minimum Gasteiger partial charge on any atom is -0.494 e. The van der Waals surface area contributed by atoms with Crippen molar-refractivity contribution >= 4 is 11.9 Å². The number of carboxylic acids is 1. The lowest BCUT2D eigenvalue weighted by Crippen LogP contribution is -2.44. The molecular formula is C18H27NO4. The summed E-state index contributed by atoms with van der Waals surface area (Å²) in [5.41, 5.74) is 1.15.